The summed E-state index contributed by atoms with van der Waals surface area (Å²) in [5, 5.41) is 20.4. The van der Waals surface area contributed by atoms with E-state index in [4.69, 9.17) is 0 Å². The van der Waals surface area contributed by atoms with Crippen molar-refractivity contribution in [2.24, 2.45) is 0 Å². The molecule has 0 bridgehead atoms. The first kappa shape index (κ1) is 20.4. The van der Waals surface area contributed by atoms with Gasteiger partial charge in [-0.1, -0.05) is 6.07 Å². The molecule has 0 aliphatic carbocycles. The van der Waals surface area contributed by atoms with Crippen molar-refractivity contribution in [2.45, 2.75) is 25.9 Å². The van der Waals surface area contributed by atoms with Crippen molar-refractivity contribution in [3.05, 3.63) is 64.8 Å². The third kappa shape index (κ3) is 4.84. The molecular weight excluding hydrogens is 414 g/mol. The van der Waals surface area contributed by atoms with Crippen molar-refractivity contribution >= 4 is 34.2 Å². The van der Waals surface area contributed by atoms with Gasteiger partial charge in [0.1, 0.15) is 23.7 Å². The number of aromatic nitrogens is 4. The predicted octanol–water partition coefficient (Wildman–Crippen LogP) is 2.23. The molecule has 0 atom stereocenters. The lowest BCUT2D eigenvalue weighted by Gasteiger charge is -2.27. The molecule has 0 aromatic carbocycles. The molecule has 3 aromatic rings. The fourth-order valence-corrected chi connectivity index (χ4v) is 4.56. The maximum atomic E-state index is 12.6. The Bertz CT molecular complexity index is 1150. The molecule has 1 aliphatic heterocycles. The van der Waals surface area contributed by atoms with E-state index in [9.17, 15) is 14.9 Å². The number of pyridine rings is 1. The lowest BCUT2D eigenvalue weighted by atomic mass is 10.0. The highest BCUT2D eigenvalue weighted by atomic mass is 32.1. The zero-order valence-electron chi connectivity index (χ0n) is 16.6. The van der Waals surface area contributed by atoms with Crippen LogP contribution in [-0.4, -0.2) is 43.0 Å². The summed E-state index contributed by atoms with van der Waals surface area (Å²) in [5.74, 6) is -0.280. The number of hydrogen-bond acceptors (Lipinski definition) is 7. The number of amides is 2. The summed E-state index contributed by atoms with van der Waals surface area (Å²) in [4.78, 5) is 31.7. The minimum absolute atomic E-state index is 0.0382. The van der Waals surface area contributed by atoms with Crippen molar-refractivity contribution < 1.29 is 9.59 Å². The number of fused-ring (bicyclic) bond motifs is 1. The number of nitriles is 1. The van der Waals surface area contributed by atoms with E-state index in [0.29, 0.717) is 43.0 Å². The van der Waals surface area contributed by atoms with Crippen LogP contribution in [-0.2, 0) is 29.1 Å². The molecule has 0 saturated heterocycles. The molecule has 10 heteroatoms. The molecule has 0 saturated carbocycles. The first-order valence-electron chi connectivity index (χ1n) is 9.68. The van der Waals surface area contributed by atoms with Crippen molar-refractivity contribution in [2.75, 3.05) is 11.9 Å². The predicted molar refractivity (Wildman–Crippen MR) is 115 cm³/mol. The van der Waals surface area contributed by atoms with E-state index < -0.39 is 0 Å². The highest BCUT2D eigenvalue weighted by molar-refractivity contribution is 7.16. The summed E-state index contributed by atoms with van der Waals surface area (Å²) in [5.41, 5.74) is 2.21. The normalized spacial score (nSPS) is 13.1. The molecule has 0 unspecified atom stereocenters. The van der Waals surface area contributed by atoms with Gasteiger partial charge >= 0.3 is 0 Å². The summed E-state index contributed by atoms with van der Waals surface area (Å²) in [6.45, 7) is 1.51. The second-order valence-corrected chi connectivity index (χ2v) is 8.05. The van der Waals surface area contributed by atoms with Gasteiger partial charge in [0.25, 0.3) is 0 Å². The van der Waals surface area contributed by atoms with Gasteiger partial charge in [-0.25, -0.2) is 0 Å². The van der Waals surface area contributed by atoms with Crippen LogP contribution >= 0.6 is 11.3 Å². The van der Waals surface area contributed by atoms with E-state index in [-0.39, 0.29) is 11.8 Å². The van der Waals surface area contributed by atoms with Crippen LogP contribution < -0.4 is 5.32 Å². The van der Waals surface area contributed by atoms with Gasteiger partial charge in [-0.3, -0.25) is 14.6 Å². The molecule has 3 aromatic heterocycles. The summed E-state index contributed by atoms with van der Waals surface area (Å²) in [6, 6.07) is 5.84. The SMILES string of the molecule is N#Cc1c(NC(=O)/C=C/c2cccnc2)sc2c1CCN(C(=O)CCn1cnnc1)C2. The van der Waals surface area contributed by atoms with E-state index >= 15 is 0 Å². The lowest BCUT2D eigenvalue weighted by Crippen LogP contribution is -2.35. The number of nitrogens with one attached hydrogen (secondary N) is 1. The molecule has 4 rings (SSSR count). The van der Waals surface area contributed by atoms with Crippen molar-refractivity contribution in [1.29, 1.82) is 5.26 Å². The Morgan fingerprint density at radius 2 is 2.16 bits per heavy atom. The number of rotatable bonds is 6. The zero-order chi connectivity index (χ0) is 21.6. The second-order valence-electron chi connectivity index (χ2n) is 6.94. The molecule has 156 valence electrons. The third-order valence-corrected chi connectivity index (χ3v) is 6.05. The van der Waals surface area contributed by atoms with Gasteiger partial charge in [-0.05, 0) is 29.7 Å². The number of thiophene rings is 1. The number of hydrogen-bond donors (Lipinski definition) is 1. The van der Waals surface area contributed by atoms with Gasteiger partial charge in [0, 0.05) is 42.9 Å². The highest BCUT2D eigenvalue weighted by Crippen LogP contribution is 2.36. The Kier molecular flexibility index (Phi) is 6.14. The number of anilines is 1. The Morgan fingerprint density at radius 1 is 1.32 bits per heavy atom. The van der Waals surface area contributed by atoms with Crippen molar-refractivity contribution in [3.63, 3.8) is 0 Å². The Hall–Kier alpha value is -3.84. The fraction of sp³-hybridized carbons (Fsp3) is 0.238. The quantitative estimate of drug-likeness (QED) is 0.596. The standard InChI is InChI=1S/C21H19N7O2S/c22-10-17-16-5-9-28(20(30)6-8-27-13-24-25-14-27)12-18(16)31-21(17)26-19(29)4-3-15-2-1-7-23-11-15/h1-4,7,11,13-14H,5-6,8-9,12H2,(H,26,29)/b4-3+. The van der Waals surface area contributed by atoms with Gasteiger partial charge < -0.3 is 14.8 Å². The van der Waals surface area contributed by atoms with Gasteiger partial charge in [-0.2, -0.15) is 5.26 Å². The van der Waals surface area contributed by atoms with Crippen LogP contribution in [0.15, 0.2) is 43.3 Å². The molecule has 2 amide bonds. The fourth-order valence-electron chi connectivity index (χ4n) is 3.34. The second kappa shape index (κ2) is 9.32. The van der Waals surface area contributed by atoms with E-state index in [1.807, 2.05) is 6.07 Å². The summed E-state index contributed by atoms with van der Waals surface area (Å²) in [6.07, 6.45) is 10.5. The van der Waals surface area contributed by atoms with Crippen LogP contribution in [0.25, 0.3) is 6.08 Å². The maximum absolute atomic E-state index is 12.6. The Balaban J connectivity index is 1.42. The Morgan fingerprint density at radius 3 is 2.90 bits per heavy atom. The molecular formula is C21H19N7O2S. The number of carbonyl (C=O) groups excluding carboxylic acids is 2. The molecule has 4 heterocycles. The molecule has 0 fully saturated rings. The molecule has 1 aliphatic rings. The summed E-state index contributed by atoms with van der Waals surface area (Å²) in [7, 11) is 0. The van der Waals surface area contributed by atoms with E-state index in [0.717, 1.165) is 16.0 Å². The Labute approximate surface area is 182 Å². The largest absolute Gasteiger partial charge is 0.337 e. The van der Waals surface area contributed by atoms with Crippen LogP contribution in [0.1, 0.15) is 28.0 Å². The summed E-state index contributed by atoms with van der Waals surface area (Å²) < 4.78 is 1.76. The first-order valence-corrected chi connectivity index (χ1v) is 10.5. The van der Waals surface area contributed by atoms with Crippen LogP contribution in [0.5, 0.6) is 0 Å². The van der Waals surface area contributed by atoms with Crippen LogP contribution in [0, 0.1) is 11.3 Å². The minimum atomic E-state index is -0.319. The average molecular weight is 433 g/mol. The molecule has 9 nitrogen and oxygen atoms in total. The molecule has 31 heavy (non-hydrogen) atoms. The highest BCUT2D eigenvalue weighted by Gasteiger charge is 2.27. The van der Waals surface area contributed by atoms with E-state index in [1.54, 1.807) is 46.7 Å². The van der Waals surface area contributed by atoms with Crippen molar-refractivity contribution in [1.82, 2.24) is 24.6 Å². The maximum Gasteiger partial charge on any atom is 0.249 e. The van der Waals surface area contributed by atoms with Crippen LogP contribution in [0.4, 0.5) is 5.00 Å². The van der Waals surface area contributed by atoms with Gasteiger partial charge in [-0.15, -0.1) is 21.5 Å². The third-order valence-electron chi connectivity index (χ3n) is 4.92. The first-order chi connectivity index (χ1) is 15.1. The topological polar surface area (TPSA) is 117 Å². The van der Waals surface area contributed by atoms with Crippen molar-refractivity contribution in [3.8, 4) is 6.07 Å². The monoisotopic (exact) mass is 433 g/mol. The smallest absolute Gasteiger partial charge is 0.249 e. The average Bonchev–Trinajstić information content (AvgIpc) is 3.43. The van der Waals surface area contributed by atoms with Gasteiger partial charge in [0.2, 0.25) is 11.8 Å². The summed E-state index contributed by atoms with van der Waals surface area (Å²) >= 11 is 1.35. The molecule has 1 N–H and O–H groups in total. The minimum Gasteiger partial charge on any atom is -0.337 e. The zero-order valence-corrected chi connectivity index (χ0v) is 17.4. The lowest BCUT2D eigenvalue weighted by molar-refractivity contribution is -0.132. The number of aryl methyl sites for hydroxylation is 1. The number of nitrogens with zero attached hydrogens (tertiary/aromatic N) is 6. The molecule has 0 spiro atoms. The van der Waals surface area contributed by atoms with E-state index in [1.165, 1.54) is 17.4 Å². The van der Waals surface area contributed by atoms with Gasteiger partial charge in [0.05, 0.1) is 12.1 Å². The molecule has 0 radical (unpaired) electrons. The number of carbonyl (C=O) groups is 2. The van der Waals surface area contributed by atoms with Gasteiger partial charge in [0.15, 0.2) is 0 Å². The van der Waals surface area contributed by atoms with E-state index in [2.05, 4.69) is 26.6 Å². The van der Waals surface area contributed by atoms with Crippen LogP contribution in [0.3, 0.4) is 0 Å². The van der Waals surface area contributed by atoms with Crippen LogP contribution in [0.2, 0.25) is 0 Å².